The van der Waals surface area contributed by atoms with E-state index in [2.05, 4.69) is 87.5 Å². The highest BCUT2D eigenvalue weighted by Gasteiger charge is 2.20. The Balaban J connectivity index is 1.60. The van der Waals surface area contributed by atoms with Crippen molar-refractivity contribution in [3.63, 3.8) is 0 Å². The lowest BCUT2D eigenvalue weighted by Crippen LogP contribution is -2.26. The highest BCUT2D eigenvalue weighted by molar-refractivity contribution is 5.87. The van der Waals surface area contributed by atoms with Crippen LogP contribution in [0.25, 0.3) is 22.0 Å². The summed E-state index contributed by atoms with van der Waals surface area (Å²) in [6.07, 6.45) is 5.28. The zero-order chi connectivity index (χ0) is 18.9. The molecule has 4 nitrogen and oxygen atoms in total. The monoisotopic (exact) mass is 366 g/mol. The minimum atomic E-state index is 0.912. The van der Waals surface area contributed by atoms with E-state index in [4.69, 9.17) is 0 Å². The van der Waals surface area contributed by atoms with Gasteiger partial charge in [-0.05, 0) is 47.6 Å². The quantitative estimate of drug-likeness (QED) is 0.506. The number of rotatable bonds is 2. The van der Waals surface area contributed by atoms with Crippen LogP contribution in [0.3, 0.4) is 0 Å². The molecular formula is C24H22N4. The summed E-state index contributed by atoms with van der Waals surface area (Å²) in [5.74, 6) is 0. The van der Waals surface area contributed by atoms with Crippen molar-refractivity contribution in [3.8, 4) is 11.3 Å². The van der Waals surface area contributed by atoms with Crippen LogP contribution in [0.15, 0.2) is 79.3 Å². The zero-order valence-corrected chi connectivity index (χ0v) is 15.9. The second-order valence-corrected chi connectivity index (χ2v) is 7.36. The summed E-state index contributed by atoms with van der Waals surface area (Å²) in [4.78, 5) is 13.5. The Morgan fingerprint density at radius 3 is 2.61 bits per heavy atom. The second-order valence-electron chi connectivity index (χ2n) is 7.36. The molecule has 5 rings (SSSR count). The summed E-state index contributed by atoms with van der Waals surface area (Å²) < 4.78 is 0. The van der Waals surface area contributed by atoms with Gasteiger partial charge in [0.1, 0.15) is 0 Å². The molecule has 0 aliphatic carbocycles. The molecule has 0 fully saturated rings. The van der Waals surface area contributed by atoms with Crippen LogP contribution in [0, 0.1) is 0 Å². The van der Waals surface area contributed by atoms with Crippen molar-refractivity contribution in [1.29, 1.82) is 0 Å². The topological polar surface area (TPSA) is 32.3 Å². The highest BCUT2D eigenvalue weighted by Crippen LogP contribution is 2.35. The summed E-state index contributed by atoms with van der Waals surface area (Å²) in [5, 5.41) is 2.55. The molecule has 0 atom stereocenters. The summed E-state index contributed by atoms with van der Waals surface area (Å²) in [7, 11) is 2.18. The van der Waals surface area contributed by atoms with E-state index in [1.165, 1.54) is 27.7 Å². The van der Waals surface area contributed by atoms with E-state index in [0.29, 0.717) is 0 Å². The van der Waals surface area contributed by atoms with Crippen LogP contribution >= 0.6 is 0 Å². The van der Waals surface area contributed by atoms with Gasteiger partial charge in [0.25, 0.3) is 0 Å². The van der Waals surface area contributed by atoms with Gasteiger partial charge in [-0.25, -0.2) is 0 Å². The number of likely N-dealkylation sites (N-methyl/N-ethyl adjacent to an activating group) is 1. The first-order valence-corrected chi connectivity index (χ1v) is 9.62. The highest BCUT2D eigenvalue weighted by atomic mass is 15.2. The van der Waals surface area contributed by atoms with E-state index >= 15 is 0 Å². The Bertz CT molecular complexity index is 1120. The molecule has 0 radical (unpaired) electrons. The normalized spacial score (nSPS) is 14.7. The maximum Gasteiger partial charge on any atom is 0.0885 e. The van der Waals surface area contributed by atoms with Crippen molar-refractivity contribution >= 4 is 22.1 Å². The molecular weight excluding hydrogens is 344 g/mol. The van der Waals surface area contributed by atoms with Crippen LogP contribution in [0.5, 0.6) is 0 Å². The zero-order valence-electron chi connectivity index (χ0n) is 15.9. The van der Waals surface area contributed by atoms with Crippen molar-refractivity contribution in [1.82, 2.24) is 14.9 Å². The number of fused-ring (bicyclic) bond motifs is 2. The Kier molecular flexibility index (Phi) is 4.26. The van der Waals surface area contributed by atoms with Crippen molar-refractivity contribution in [2.45, 2.75) is 6.54 Å². The van der Waals surface area contributed by atoms with Gasteiger partial charge in [-0.2, -0.15) is 0 Å². The van der Waals surface area contributed by atoms with Crippen molar-refractivity contribution in [2.75, 3.05) is 25.0 Å². The van der Waals surface area contributed by atoms with Crippen LogP contribution < -0.4 is 4.90 Å². The molecule has 3 aromatic carbocycles. The maximum atomic E-state index is 4.46. The number of benzene rings is 3. The molecule has 0 saturated carbocycles. The Labute approximate surface area is 165 Å². The standard InChI is InChI=1S/C24H22N4/c1-27-12-13-28(22-8-6-18-4-2-3-5-19(18)15-22)24-9-7-20(14-21(24)17-27)23-16-25-10-11-26-23/h2-11,14-16H,12-13,17H2,1H3. The third-order valence-corrected chi connectivity index (χ3v) is 5.42. The fourth-order valence-electron chi connectivity index (χ4n) is 3.96. The molecule has 28 heavy (non-hydrogen) atoms. The smallest absolute Gasteiger partial charge is 0.0885 e. The number of anilines is 2. The molecule has 0 N–H and O–H groups in total. The van der Waals surface area contributed by atoms with Crippen molar-refractivity contribution < 1.29 is 0 Å². The molecule has 4 heteroatoms. The molecule has 4 aromatic rings. The van der Waals surface area contributed by atoms with Crippen LogP contribution in [-0.4, -0.2) is 35.0 Å². The first-order chi connectivity index (χ1) is 13.8. The maximum absolute atomic E-state index is 4.46. The molecule has 0 bridgehead atoms. The van der Waals surface area contributed by atoms with Gasteiger partial charge in [0.15, 0.2) is 0 Å². The van der Waals surface area contributed by atoms with E-state index in [1.54, 1.807) is 12.4 Å². The van der Waals surface area contributed by atoms with E-state index < -0.39 is 0 Å². The van der Waals surface area contributed by atoms with E-state index in [1.807, 2.05) is 6.20 Å². The van der Waals surface area contributed by atoms with Crippen LogP contribution in [0.4, 0.5) is 11.4 Å². The fourth-order valence-corrected chi connectivity index (χ4v) is 3.96. The predicted octanol–water partition coefficient (Wildman–Crippen LogP) is 4.88. The first-order valence-electron chi connectivity index (χ1n) is 9.62. The van der Waals surface area contributed by atoms with Crippen molar-refractivity contribution in [3.05, 3.63) is 84.8 Å². The lowest BCUT2D eigenvalue weighted by molar-refractivity contribution is 0.343. The molecule has 0 spiro atoms. The van der Waals surface area contributed by atoms with Crippen LogP contribution in [0.2, 0.25) is 0 Å². The Hall–Kier alpha value is -3.24. The van der Waals surface area contributed by atoms with Crippen LogP contribution in [-0.2, 0) is 6.54 Å². The average Bonchev–Trinajstić information content (AvgIpc) is 2.91. The average molecular weight is 366 g/mol. The van der Waals surface area contributed by atoms with Gasteiger partial charge in [0.2, 0.25) is 0 Å². The largest absolute Gasteiger partial charge is 0.340 e. The molecule has 0 amide bonds. The lowest BCUT2D eigenvalue weighted by Gasteiger charge is -2.25. The minimum absolute atomic E-state index is 0.912. The number of hydrogen-bond donors (Lipinski definition) is 0. The summed E-state index contributed by atoms with van der Waals surface area (Å²) >= 11 is 0. The van der Waals surface area contributed by atoms with E-state index in [9.17, 15) is 0 Å². The Morgan fingerprint density at radius 2 is 1.75 bits per heavy atom. The van der Waals surface area contributed by atoms with Crippen molar-refractivity contribution in [2.24, 2.45) is 0 Å². The first kappa shape index (κ1) is 16.9. The van der Waals surface area contributed by atoms with Gasteiger partial charge in [-0.15, -0.1) is 0 Å². The van der Waals surface area contributed by atoms with Gasteiger partial charge in [-0.3, -0.25) is 9.97 Å². The van der Waals surface area contributed by atoms with Gasteiger partial charge in [0.05, 0.1) is 11.9 Å². The number of nitrogens with zero attached hydrogens (tertiary/aromatic N) is 4. The second kappa shape index (κ2) is 7.06. The van der Waals surface area contributed by atoms with Gasteiger partial charge >= 0.3 is 0 Å². The van der Waals surface area contributed by atoms with E-state index in [-0.39, 0.29) is 0 Å². The minimum Gasteiger partial charge on any atom is -0.340 e. The Morgan fingerprint density at radius 1 is 0.857 bits per heavy atom. The molecule has 1 aromatic heterocycles. The lowest BCUT2D eigenvalue weighted by atomic mass is 10.0. The molecule has 0 saturated heterocycles. The third kappa shape index (κ3) is 3.12. The van der Waals surface area contributed by atoms with Gasteiger partial charge in [0, 0.05) is 49.0 Å². The molecule has 1 aliphatic rings. The third-order valence-electron chi connectivity index (χ3n) is 5.42. The molecule has 1 aliphatic heterocycles. The SMILES string of the molecule is CN1CCN(c2ccc3ccccc3c2)c2ccc(-c3cnccn3)cc2C1. The van der Waals surface area contributed by atoms with Crippen LogP contribution in [0.1, 0.15) is 5.56 Å². The molecule has 138 valence electrons. The number of hydrogen-bond acceptors (Lipinski definition) is 4. The summed E-state index contributed by atoms with van der Waals surface area (Å²) in [5.41, 5.74) is 5.85. The number of aromatic nitrogens is 2. The van der Waals surface area contributed by atoms with E-state index in [0.717, 1.165) is 30.9 Å². The van der Waals surface area contributed by atoms with Gasteiger partial charge in [-0.1, -0.05) is 36.4 Å². The predicted molar refractivity (Wildman–Crippen MR) is 115 cm³/mol. The molecule has 2 heterocycles. The fraction of sp³-hybridized carbons (Fsp3) is 0.167. The summed E-state index contributed by atoms with van der Waals surface area (Å²) in [6, 6.07) is 21.9. The van der Waals surface area contributed by atoms with Gasteiger partial charge < -0.3 is 9.80 Å². The molecule has 0 unspecified atom stereocenters. The summed E-state index contributed by atoms with van der Waals surface area (Å²) in [6.45, 7) is 2.90.